The predicted octanol–water partition coefficient (Wildman–Crippen LogP) is 5.39. The van der Waals surface area contributed by atoms with E-state index >= 15 is 0 Å². The number of nitrogens with zero attached hydrogens (tertiary/aromatic N) is 4. The second kappa shape index (κ2) is 14.7. The third-order valence-corrected chi connectivity index (χ3v) is 8.65. The SMILES string of the molecule is CCCCCCCN1C(=O)/C(=C\c2c(C)c(C#N)c(=O)n(CCC)c2N2CCCC(C(=O)OCC)C2)SC1=S. The summed E-state index contributed by atoms with van der Waals surface area (Å²) in [5.41, 5.74) is 0.922. The Morgan fingerprint density at radius 1 is 1.15 bits per heavy atom. The Morgan fingerprint density at radius 2 is 1.90 bits per heavy atom. The summed E-state index contributed by atoms with van der Waals surface area (Å²) in [6.45, 7) is 10.1. The third-order valence-electron chi connectivity index (χ3n) is 7.27. The van der Waals surface area contributed by atoms with E-state index in [1.54, 1.807) is 29.4 Å². The van der Waals surface area contributed by atoms with E-state index < -0.39 is 0 Å². The smallest absolute Gasteiger partial charge is 0.310 e. The molecular weight excluding hydrogens is 532 g/mol. The van der Waals surface area contributed by atoms with Crippen molar-refractivity contribution >= 4 is 52.1 Å². The number of thioether (sulfide) groups is 1. The molecule has 2 saturated heterocycles. The molecule has 0 saturated carbocycles. The number of hydrogen-bond donors (Lipinski definition) is 0. The number of anilines is 1. The molecule has 0 aromatic carbocycles. The topological polar surface area (TPSA) is 95.6 Å². The van der Waals surface area contributed by atoms with Crippen molar-refractivity contribution in [1.82, 2.24) is 9.47 Å². The van der Waals surface area contributed by atoms with Crippen molar-refractivity contribution in [1.29, 1.82) is 5.26 Å². The molecule has 3 rings (SSSR count). The summed E-state index contributed by atoms with van der Waals surface area (Å²) in [4.78, 5) is 43.7. The number of hydrogen-bond acceptors (Lipinski definition) is 8. The first-order valence-corrected chi connectivity index (χ1v) is 15.4. The number of carbonyl (C=O) groups excluding carboxylic acids is 2. The van der Waals surface area contributed by atoms with Gasteiger partial charge in [0.25, 0.3) is 11.5 Å². The van der Waals surface area contributed by atoms with Crippen molar-refractivity contribution < 1.29 is 14.3 Å². The van der Waals surface area contributed by atoms with E-state index in [1.807, 2.05) is 6.92 Å². The zero-order valence-corrected chi connectivity index (χ0v) is 25.2. The summed E-state index contributed by atoms with van der Waals surface area (Å²) in [6.07, 6.45) is 9.40. The second-order valence-corrected chi connectivity index (χ2v) is 11.8. The van der Waals surface area contributed by atoms with Crippen LogP contribution in [0.2, 0.25) is 0 Å². The van der Waals surface area contributed by atoms with E-state index in [1.165, 1.54) is 18.2 Å². The zero-order valence-electron chi connectivity index (χ0n) is 23.6. The summed E-state index contributed by atoms with van der Waals surface area (Å²) >= 11 is 6.83. The fraction of sp³-hybridized carbons (Fsp3) is 0.621. The van der Waals surface area contributed by atoms with Crippen LogP contribution in [0.3, 0.4) is 0 Å². The van der Waals surface area contributed by atoms with E-state index in [9.17, 15) is 19.6 Å². The highest BCUT2D eigenvalue weighted by Crippen LogP contribution is 2.37. The lowest BCUT2D eigenvalue weighted by atomic mass is 9.96. The number of thiocarbonyl (C=S) groups is 1. The minimum Gasteiger partial charge on any atom is -0.466 e. The largest absolute Gasteiger partial charge is 0.466 e. The monoisotopic (exact) mass is 572 g/mol. The number of rotatable bonds is 12. The summed E-state index contributed by atoms with van der Waals surface area (Å²) in [6, 6.07) is 2.09. The van der Waals surface area contributed by atoms with Crippen LogP contribution in [0, 0.1) is 24.2 Å². The van der Waals surface area contributed by atoms with Crippen LogP contribution in [0.25, 0.3) is 6.08 Å². The average Bonchev–Trinajstić information content (AvgIpc) is 3.19. The number of piperidine rings is 1. The summed E-state index contributed by atoms with van der Waals surface area (Å²) in [5, 5.41) is 9.89. The molecule has 3 heterocycles. The van der Waals surface area contributed by atoms with Crippen molar-refractivity contribution in [2.24, 2.45) is 5.92 Å². The van der Waals surface area contributed by atoms with Crippen molar-refractivity contribution in [2.75, 3.05) is 31.1 Å². The maximum Gasteiger partial charge on any atom is 0.310 e. The van der Waals surface area contributed by atoms with Gasteiger partial charge in [-0.25, -0.2) is 0 Å². The number of aromatic nitrogens is 1. The van der Waals surface area contributed by atoms with Gasteiger partial charge in [0.2, 0.25) is 0 Å². The third kappa shape index (κ3) is 7.12. The van der Waals surface area contributed by atoms with Gasteiger partial charge in [-0.15, -0.1) is 0 Å². The molecule has 0 N–H and O–H groups in total. The minimum absolute atomic E-state index is 0.0730. The molecule has 1 aromatic rings. The highest BCUT2D eigenvalue weighted by molar-refractivity contribution is 8.26. The number of carbonyl (C=O) groups is 2. The van der Waals surface area contributed by atoms with Crippen LogP contribution in [0.4, 0.5) is 5.82 Å². The van der Waals surface area contributed by atoms with Gasteiger partial charge in [-0.1, -0.05) is 63.5 Å². The molecule has 212 valence electrons. The summed E-state index contributed by atoms with van der Waals surface area (Å²) < 4.78 is 7.47. The number of amides is 1. The van der Waals surface area contributed by atoms with Gasteiger partial charge >= 0.3 is 5.97 Å². The second-order valence-electron chi connectivity index (χ2n) is 10.1. The first-order chi connectivity index (χ1) is 18.8. The molecule has 0 radical (unpaired) electrons. The van der Waals surface area contributed by atoms with E-state index in [2.05, 4.69) is 17.9 Å². The van der Waals surface area contributed by atoms with Crippen molar-refractivity contribution in [3.05, 3.63) is 31.9 Å². The molecule has 1 aromatic heterocycles. The van der Waals surface area contributed by atoms with Gasteiger partial charge < -0.3 is 9.64 Å². The number of esters is 1. The van der Waals surface area contributed by atoms with Gasteiger partial charge in [0, 0.05) is 31.7 Å². The molecule has 0 bridgehead atoms. The Kier molecular flexibility index (Phi) is 11.6. The Labute approximate surface area is 241 Å². The van der Waals surface area contributed by atoms with Crippen LogP contribution in [-0.4, -0.2) is 51.9 Å². The quantitative estimate of drug-likeness (QED) is 0.142. The lowest BCUT2D eigenvalue weighted by molar-refractivity contribution is -0.148. The fourth-order valence-corrected chi connectivity index (χ4v) is 6.53. The molecular formula is C29H40N4O4S2. The molecule has 2 aliphatic heterocycles. The van der Waals surface area contributed by atoms with Crippen LogP contribution in [0.1, 0.15) is 88.8 Å². The normalized spacial score (nSPS) is 18.6. The summed E-state index contributed by atoms with van der Waals surface area (Å²) in [5.74, 6) is -0.0327. The van der Waals surface area contributed by atoms with Gasteiger partial charge in [-0.05, 0) is 51.2 Å². The van der Waals surface area contributed by atoms with Gasteiger partial charge in [-0.2, -0.15) is 5.26 Å². The molecule has 10 heteroatoms. The van der Waals surface area contributed by atoms with Crippen LogP contribution < -0.4 is 10.5 Å². The van der Waals surface area contributed by atoms with Crippen LogP contribution in [0.5, 0.6) is 0 Å². The molecule has 2 aliphatic rings. The first kappa shape index (κ1) is 30.9. The van der Waals surface area contributed by atoms with Gasteiger partial charge in [-0.3, -0.25) is 23.9 Å². The molecule has 1 atom stereocenters. The van der Waals surface area contributed by atoms with Gasteiger partial charge in [0.15, 0.2) is 0 Å². The predicted molar refractivity (Wildman–Crippen MR) is 161 cm³/mol. The molecule has 2 fully saturated rings. The van der Waals surface area contributed by atoms with Crippen molar-refractivity contribution in [3.8, 4) is 6.07 Å². The summed E-state index contributed by atoms with van der Waals surface area (Å²) in [7, 11) is 0. The maximum absolute atomic E-state index is 13.4. The van der Waals surface area contributed by atoms with Gasteiger partial charge in [0.05, 0.1) is 17.4 Å². The first-order valence-electron chi connectivity index (χ1n) is 14.1. The number of nitriles is 1. The van der Waals surface area contributed by atoms with Crippen LogP contribution in [-0.2, 0) is 20.9 Å². The highest BCUT2D eigenvalue weighted by atomic mass is 32.2. The van der Waals surface area contributed by atoms with Gasteiger partial charge in [0.1, 0.15) is 21.8 Å². The van der Waals surface area contributed by atoms with E-state index in [-0.39, 0.29) is 28.9 Å². The highest BCUT2D eigenvalue weighted by Gasteiger charge is 2.34. The Balaban J connectivity index is 2.05. The van der Waals surface area contributed by atoms with Crippen LogP contribution >= 0.6 is 24.0 Å². The molecule has 1 amide bonds. The van der Waals surface area contributed by atoms with Crippen LogP contribution in [0.15, 0.2) is 9.70 Å². The lowest BCUT2D eigenvalue weighted by Gasteiger charge is -2.36. The lowest BCUT2D eigenvalue weighted by Crippen LogP contribution is -2.43. The molecule has 39 heavy (non-hydrogen) atoms. The fourth-order valence-electron chi connectivity index (χ4n) is 5.24. The average molecular weight is 573 g/mol. The Hall–Kier alpha value is -2.64. The molecule has 0 aliphatic carbocycles. The van der Waals surface area contributed by atoms with Crippen molar-refractivity contribution in [3.63, 3.8) is 0 Å². The van der Waals surface area contributed by atoms with Crippen molar-refractivity contribution in [2.45, 2.75) is 85.6 Å². The van der Waals surface area contributed by atoms with E-state index in [0.29, 0.717) is 65.4 Å². The maximum atomic E-state index is 13.4. The number of ether oxygens (including phenoxy) is 1. The standard InChI is InChI=1S/C29H40N4O4S2/c1-5-8-9-10-11-16-33-27(35)24(39-29(33)38)17-22-20(4)23(18-30)26(34)32(14-6-2)25(22)31-15-12-13-21(19-31)28(36)37-7-3/h17,21H,5-16,19H2,1-4H3/b24-17+. The number of unbranched alkanes of at least 4 members (excludes halogenated alkanes) is 4. The molecule has 8 nitrogen and oxygen atoms in total. The molecule has 1 unspecified atom stereocenters. The van der Waals surface area contributed by atoms with E-state index in [0.717, 1.165) is 38.5 Å². The number of pyridine rings is 1. The molecule has 0 spiro atoms. The Bertz CT molecular complexity index is 1220. The zero-order chi connectivity index (χ0) is 28.5. The Morgan fingerprint density at radius 3 is 2.56 bits per heavy atom. The van der Waals surface area contributed by atoms with E-state index in [4.69, 9.17) is 17.0 Å². The minimum atomic E-state index is -0.345.